The number of thiophene rings is 1. The molecule has 0 saturated carbocycles. The average molecular weight is 446 g/mol. The molecular weight excluding hydrogens is 418 g/mol. The summed E-state index contributed by atoms with van der Waals surface area (Å²) in [6, 6.07) is 7.28. The van der Waals surface area contributed by atoms with Crippen LogP contribution in [0.4, 0.5) is 10.7 Å². The maximum Gasteiger partial charge on any atom is 0.341 e. The molecule has 6 nitrogen and oxygen atoms in total. The number of carbonyl (C=O) groups excluding carboxylic acids is 1. The molecule has 1 fully saturated rings. The molecule has 1 aromatic carbocycles. The minimum absolute atomic E-state index is 0.275. The number of hydrogen-bond acceptors (Lipinski definition) is 6. The largest absolute Gasteiger partial charge is 0.508 e. The van der Waals surface area contributed by atoms with Crippen LogP contribution in [-0.2, 0) is 17.6 Å². The van der Waals surface area contributed by atoms with Crippen molar-refractivity contribution in [2.24, 2.45) is 5.92 Å². The number of hydrogen-bond donors (Lipinski definition) is 2. The molecule has 0 amide bonds. The number of thiocarbonyl (C=S) groups is 1. The summed E-state index contributed by atoms with van der Waals surface area (Å²) in [5.41, 5.74) is 2.89. The molecule has 2 aromatic rings. The third-order valence-electron chi connectivity index (χ3n) is 5.90. The minimum atomic E-state index is -0.287. The molecular formula is C22H27N3O3S2. The predicted molar refractivity (Wildman–Crippen MR) is 125 cm³/mol. The van der Waals surface area contributed by atoms with E-state index < -0.39 is 0 Å². The second-order valence-electron chi connectivity index (χ2n) is 7.97. The first-order valence-electron chi connectivity index (χ1n) is 10.3. The van der Waals surface area contributed by atoms with Crippen LogP contribution in [0.3, 0.4) is 0 Å². The molecule has 1 aliphatic heterocycles. The fourth-order valence-electron chi connectivity index (χ4n) is 4.16. The topological polar surface area (TPSA) is 65.0 Å². The Morgan fingerprint density at radius 3 is 2.60 bits per heavy atom. The van der Waals surface area contributed by atoms with E-state index in [-0.39, 0.29) is 11.7 Å². The van der Waals surface area contributed by atoms with Crippen molar-refractivity contribution in [3.63, 3.8) is 0 Å². The number of piperazine rings is 1. The van der Waals surface area contributed by atoms with E-state index in [0.717, 1.165) is 61.7 Å². The van der Waals surface area contributed by atoms with E-state index in [4.69, 9.17) is 17.0 Å². The lowest BCUT2D eigenvalue weighted by atomic mass is 9.88. The fraction of sp³-hybridized carbons (Fsp3) is 0.455. The number of benzene rings is 1. The van der Waals surface area contributed by atoms with Crippen LogP contribution in [0.15, 0.2) is 24.3 Å². The molecule has 0 radical (unpaired) electrons. The van der Waals surface area contributed by atoms with E-state index in [2.05, 4.69) is 22.0 Å². The van der Waals surface area contributed by atoms with Crippen LogP contribution in [-0.4, -0.2) is 54.4 Å². The van der Waals surface area contributed by atoms with E-state index in [1.54, 1.807) is 23.5 Å². The van der Waals surface area contributed by atoms with Crippen molar-refractivity contribution in [2.75, 3.05) is 43.5 Å². The quantitative estimate of drug-likeness (QED) is 0.549. The molecule has 2 N–H and O–H groups in total. The number of nitrogens with one attached hydrogen (secondary N) is 1. The van der Waals surface area contributed by atoms with Gasteiger partial charge in [-0.1, -0.05) is 6.92 Å². The van der Waals surface area contributed by atoms with Crippen molar-refractivity contribution in [1.29, 1.82) is 0 Å². The Labute approximate surface area is 186 Å². The standard InChI is InChI=1S/C22H27N3O3S2/c1-14-3-8-17-18(13-14)30-20(19(17)21(27)28-2)23-22(29)25-11-9-24(10-12-25)15-4-6-16(26)7-5-15/h4-7,14,26H,3,8-13H2,1-2H3,(H,23,29)/t14-/m0/s1. The van der Waals surface area contributed by atoms with Crippen LogP contribution in [0.1, 0.15) is 34.1 Å². The van der Waals surface area contributed by atoms with Crippen LogP contribution in [0.25, 0.3) is 0 Å². The van der Waals surface area contributed by atoms with Crippen molar-refractivity contribution >= 4 is 45.3 Å². The van der Waals surface area contributed by atoms with Gasteiger partial charge in [-0.05, 0) is 67.2 Å². The van der Waals surface area contributed by atoms with Crippen molar-refractivity contribution in [3.05, 3.63) is 40.3 Å². The highest BCUT2D eigenvalue weighted by atomic mass is 32.1. The van der Waals surface area contributed by atoms with E-state index in [9.17, 15) is 9.90 Å². The third-order valence-corrected chi connectivity index (χ3v) is 7.43. The number of anilines is 2. The summed E-state index contributed by atoms with van der Waals surface area (Å²) >= 11 is 7.33. The summed E-state index contributed by atoms with van der Waals surface area (Å²) in [6.07, 6.45) is 3.01. The number of aromatic hydroxyl groups is 1. The van der Waals surface area contributed by atoms with E-state index in [1.807, 2.05) is 12.1 Å². The molecule has 2 aliphatic rings. The molecule has 1 aliphatic carbocycles. The Bertz CT molecular complexity index is 934. The smallest absolute Gasteiger partial charge is 0.341 e. The Balaban J connectivity index is 1.44. The average Bonchev–Trinajstić information content (AvgIpc) is 3.10. The molecule has 1 atom stereocenters. The van der Waals surface area contributed by atoms with Gasteiger partial charge in [0.15, 0.2) is 5.11 Å². The first kappa shape index (κ1) is 20.9. The number of fused-ring (bicyclic) bond motifs is 1. The van der Waals surface area contributed by atoms with Gasteiger partial charge in [-0.2, -0.15) is 0 Å². The Morgan fingerprint density at radius 2 is 1.93 bits per heavy atom. The lowest BCUT2D eigenvalue weighted by molar-refractivity contribution is 0.0601. The van der Waals surface area contributed by atoms with Crippen molar-refractivity contribution in [1.82, 2.24) is 4.90 Å². The minimum Gasteiger partial charge on any atom is -0.508 e. The van der Waals surface area contributed by atoms with Gasteiger partial charge in [0.05, 0.1) is 12.7 Å². The number of nitrogens with zero attached hydrogens (tertiary/aromatic N) is 2. The Hall–Kier alpha value is -2.32. The lowest BCUT2D eigenvalue weighted by Crippen LogP contribution is -2.50. The van der Waals surface area contributed by atoms with Crippen LogP contribution in [0.5, 0.6) is 5.75 Å². The summed E-state index contributed by atoms with van der Waals surface area (Å²) in [7, 11) is 1.43. The summed E-state index contributed by atoms with van der Waals surface area (Å²) in [4.78, 5) is 18.2. The molecule has 8 heteroatoms. The van der Waals surface area contributed by atoms with E-state index >= 15 is 0 Å². The number of esters is 1. The first-order valence-corrected chi connectivity index (χ1v) is 11.5. The van der Waals surface area contributed by atoms with Crippen LogP contribution in [0.2, 0.25) is 0 Å². The van der Waals surface area contributed by atoms with Gasteiger partial charge in [-0.15, -0.1) is 11.3 Å². The van der Waals surface area contributed by atoms with Gasteiger partial charge in [0.1, 0.15) is 10.8 Å². The maximum atomic E-state index is 12.5. The zero-order chi connectivity index (χ0) is 21.3. The molecule has 0 spiro atoms. The molecule has 30 heavy (non-hydrogen) atoms. The summed E-state index contributed by atoms with van der Waals surface area (Å²) in [5.74, 6) is 0.621. The summed E-state index contributed by atoms with van der Waals surface area (Å²) < 4.78 is 5.07. The summed E-state index contributed by atoms with van der Waals surface area (Å²) in [6.45, 7) is 5.53. The molecule has 0 bridgehead atoms. The van der Waals surface area contributed by atoms with Crippen molar-refractivity contribution in [3.8, 4) is 5.75 Å². The summed E-state index contributed by atoms with van der Waals surface area (Å²) in [5, 5.41) is 14.3. The second kappa shape index (κ2) is 8.81. The Morgan fingerprint density at radius 1 is 1.23 bits per heavy atom. The van der Waals surface area contributed by atoms with Gasteiger partial charge >= 0.3 is 5.97 Å². The van der Waals surface area contributed by atoms with Crippen LogP contribution >= 0.6 is 23.6 Å². The molecule has 2 heterocycles. The highest BCUT2D eigenvalue weighted by Crippen LogP contribution is 2.40. The normalized spacial score (nSPS) is 18.7. The zero-order valence-corrected chi connectivity index (χ0v) is 18.9. The number of methoxy groups -OCH3 is 1. The van der Waals surface area contributed by atoms with Gasteiger partial charge in [0.2, 0.25) is 0 Å². The third kappa shape index (κ3) is 4.25. The molecule has 1 aromatic heterocycles. The lowest BCUT2D eigenvalue weighted by Gasteiger charge is -2.37. The van der Waals surface area contributed by atoms with Gasteiger partial charge in [0, 0.05) is 36.7 Å². The van der Waals surface area contributed by atoms with Gasteiger partial charge < -0.3 is 25.0 Å². The first-order chi connectivity index (χ1) is 14.5. The van der Waals surface area contributed by atoms with E-state index in [1.165, 1.54) is 12.0 Å². The van der Waals surface area contributed by atoms with Gasteiger partial charge in [0.25, 0.3) is 0 Å². The second-order valence-corrected chi connectivity index (χ2v) is 9.46. The number of carbonyl (C=O) groups is 1. The zero-order valence-electron chi connectivity index (χ0n) is 17.3. The van der Waals surface area contributed by atoms with E-state index in [0.29, 0.717) is 16.6 Å². The van der Waals surface area contributed by atoms with Crippen molar-refractivity contribution in [2.45, 2.75) is 26.2 Å². The number of phenols is 1. The highest BCUT2D eigenvalue weighted by molar-refractivity contribution is 7.80. The molecule has 0 unspecified atom stereocenters. The molecule has 1 saturated heterocycles. The maximum absolute atomic E-state index is 12.5. The highest BCUT2D eigenvalue weighted by Gasteiger charge is 2.29. The molecule has 4 rings (SSSR count). The monoisotopic (exact) mass is 445 g/mol. The van der Waals surface area contributed by atoms with Crippen LogP contribution < -0.4 is 10.2 Å². The fourth-order valence-corrected chi connectivity index (χ4v) is 5.91. The van der Waals surface area contributed by atoms with Crippen LogP contribution in [0, 0.1) is 5.92 Å². The van der Waals surface area contributed by atoms with Gasteiger partial charge in [-0.25, -0.2) is 4.79 Å². The number of phenolic OH excluding ortho intramolecular Hbond substituents is 1. The Kier molecular flexibility index (Phi) is 6.15. The van der Waals surface area contributed by atoms with Gasteiger partial charge in [-0.3, -0.25) is 0 Å². The predicted octanol–water partition coefficient (Wildman–Crippen LogP) is 3.88. The van der Waals surface area contributed by atoms with Crippen molar-refractivity contribution < 1.29 is 14.6 Å². The SMILES string of the molecule is COC(=O)c1c(NC(=S)N2CCN(c3ccc(O)cc3)CC2)sc2c1CC[C@H](C)C2. The number of ether oxygens (including phenoxy) is 1. The molecule has 160 valence electrons. The number of rotatable bonds is 3.